The van der Waals surface area contributed by atoms with Gasteiger partial charge in [0.05, 0.1) is 7.11 Å². The van der Waals surface area contributed by atoms with Crippen LogP contribution in [0.5, 0.6) is 0 Å². The van der Waals surface area contributed by atoms with E-state index in [1.54, 1.807) is 18.2 Å². The number of rotatable bonds is 2. The van der Waals surface area contributed by atoms with Crippen LogP contribution in [0, 0.1) is 0 Å². The molecule has 0 aliphatic carbocycles. The van der Waals surface area contributed by atoms with Crippen molar-refractivity contribution >= 4 is 22.8 Å². The minimum atomic E-state index is -0.626. The van der Waals surface area contributed by atoms with E-state index in [1.165, 1.54) is 18.1 Å². The molecule has 0 amide bonds. The Morgan fingerprint density at radius 3 is 3.11 bits per heavy atom. The largest absolute Gasteiger partial charge is 0.463 e. The van der Waals surface area contributed by atoms with Crippen molar-refractivity contribution in [1.82, 2.24) is 19.7 Å². The number of carbonyl (C=O) groups is 1. The lowest BCUT2D eigenvalue weighted by Crippen LogP contribution is -2.05. The van der Waals surface area contributed by atoms with Crippen molar-refractivity contribution < 1.29 is 13.9 Å². The van der Waals surface area contributed by atoms with Gasteiger partial charge in [-0.3, -0.25) is 0 Å². The number of aromatic nitrogens is 4. The molecule has 0 aliphatic rings. The highest BCUT2D eigenvalue weighted by atomic mass is 16.5. The van der Waals surface area contributed by atoms with Crippen LogP contribution in [0.25, 0.3) is 17.1 Å². The number of benzene rings is 1. The quantitative estimate of drug-likeness (QED) is 0.534. The fourth-order valence-electron chi connectivity index (χ4n) is 1.57. The van der Waals surface area contributed by atoms with Gasteiger partial charge in [-0.2, -0.15) is 9.67 Å². The molecule has 96 valence electrons. The van der Waals surface area contributed by atoms with Crippen LogP contribution in [0.15, 0.2) is 28.9 Å². The van der Waals surface area contributed by atoms with Crippen LogP contribution in [0.4, 0.5) is 5.69 Å². The molecule has 0 radical (unpaired) electrons. The van der Waals surface area contributed by atoms with E-state index in [0.717, 1.165) is 0 Å². The maximum absolute atomic E-state index is 11.2. The Labute approximate surface area is 106 Å². The molecule has 0 saturated carbocycles. The lowest BCUT2D eigenvalue weighted by Gasteiger charge is -1.91. The van der Waals surface area contributed by atoms with Gasteiger partial charge in [0, 0.05) is 11.8 Å². The first-order chi connectivity index (χ1) is 9.17. The molecule has 0 aliphatic heterocycles. The molecule has 8 nitrogen and oxygen atoms in total. The van der Waals surface area contributed by atoms with Crippen molar-refractivity contribution in [3.8, 4) is 6.01 Å². The highest BCUT2D eigenvalue weighted by molar-refractivity contribution is 5.84. The minimum Gasteiger partial charge on any atom is -0.463 e. The van der Waals surface area contributed by atoms with Gasteiger partial charge in [-0.05, 0) is 12.1 Å². The van der Waals surface area contributed by atoms with Crippen LogP contribution in [0.2, 0.25) is 0 Å². The molecule has 0 unspecified atom stereocenters. The molecule has 8 heteroatoms. The van der Waals surface area contributed by atoms with E-state index < -0.39 is 5.97 Å². The SMILES string of the molecule is COC(=O)c1ncn(-c2nc3ccc(N)cc3o2)n1. The number of fused-ring (bicyclic) bond motifs is 1. The highest BCUT2D eigenvalue weighted by Crippen LogP contribution is 2.20. The van der Waals surface area contributed by atoms with Crippen LogP contribution in [0.1, 0.15) is 10.6 Å². The molecule has 0 saturated heterocycles. The van der Waals surface area contributed by atoms with Crippen molar-refractivity contribution in [2.45, 2.75) is 0 Å². The number of hydrogen-bond acceptors (Lipinski definition) is 7. The maximum Gasteiger partial charge on any atom is 0.377 e. The number of nitrogens with two attached hydrogens (primary N) is 1. The maximum atomic E-state index is 11.2. The van der Waals surface area contributed by atoms with E-state index >= 15 is 0 Å². The number of esters is 1. The molecular formula is C11H9N5O3. The Kier molecular flexibility index (Phi) is 2.41. The summed E-state index contributed by atoms with van der Waals surface area (Å²) in [6.07, 6.45) is 1.32. The predicted octanol–water partition coefficient (Wildman–Crippen LogP) is 0.777. The molecule has 0 atom stereocenters. The summed E-state index contributed by atoms with van der Waals surface area (Å²) in [6.45, 7) is 0. The number of carbonyl (C=O) groups excluding carboxylic acids is 1. The Hall–Kier alpha value is -2.90. The third-order valence-electron chi connectivity index (χ3n) is 2.46. The summed E-state index contributed by atoms with van der Waals surface area (Å²) in [5.74, 6) is -0.691. The third kappa shape index (κ3) is 1.88. The molecule has 2 heterocycles. The van der Waals surface area contributed by atoms with Gasteiger partial charge in [0.1, 0.15) is 11.8 Å². The second kappa shape index (κ2) is 4.09. The molecule has 1 aromatic carbocycles. The number of hydrogen-bond donors (Lipinski definition) is 1. The summed E-state index contributed by atoms with van der Waals surface area (Å²) in [5.41, 5.74) is 7.39. The molecule has 0 fully saturated rings. The first-order valence-electron chi connectivity index (χ1n) is 5.34. The zero-order valence-electron chi connectivity index (χ0n) is 9.90. The highest BCUT2D eigenvalue weighted by Gasteiger charge is 2.15. The molecule has 3 aromatic rings. The fourth-order valence-corrected chi connectivity index (χ4v) is 1.57. The first-order valence-corrected chi connectivity index (χ1v) is 5.34. The molecular weight excluding hydrogens is 250 g/mol. The average molecular weight is 259 g/mol. The van der Waals surface area contributed by atoms with Crippen LogP contribution in [-0.2, 0) is 4.74 Å². The van der Waals surface area contributed by atoms with Crippen molar-refractivity contribution in [2.75, 3.05) is 12.8 Å². The smallest absolute Gasteiger partial charge is 0.377 e. The first kappa shape index (κ1) is 11.2. The minimum absolute atomic E-state index is 0.0655. The van der Waals surface area contributed by atoms with Gasteiger partial charge >= 0.3 is 12.0 Å². The molecule has 3 rings (SSSR count). The van der Waals surface area contributed by atoms with Crippen LogP contribution >= 0.6 is 0 Å². The van der Waals surface area contributed by atoms with Gasteiger partial charge in [-0.25, -0.2) is 9.78 Å². The molecule has 0 bridgehead atoms. The van der Waals surface area contributed by atoms with E-state index in [1.807, 2.05) is 0 Å². The summed E-state index contributed by atoms with van der Waals surface area (Å²) in [6, 6.07) is 5.30. The van der Waals surface area contributed by atoms with E-state index in [4.69, 9.17) is 10.2 Å². The van der Waals surface area contributed by atoms with Crippen LogP contribution < -0.4 is 5.73 Å². The lowest BCUT2D eigenvalue weighted by atomic mass is 10.3. The topological polar surface area (TPSA) is 109 Å². The number of methoxy groups -OCH3 is 1. The van der Waals surface area contributed by atoms with Crippen molar-refractivity contribution in [2.24, 2.45) is 0 Å². The second-order valence-corrected chi connectivity index (χ2v) is 3.73. The van der Waals surface area contributed by atoms with E-state index in [0.29, 0.717) is 16.8 Å². The number of nitrogens with zero attached hydrogens (tertiary/aromatic N) is 4. The van der Waals surface area contributed by atoms with Gasteiger partial charge in [0.25, 0.3) is 5.82 Å². The Balaban J connectivity index is 2.04. The van der Waals surface area contributed by atoms with Gasteiger partial charge < -0.3 is 14.9 Å². The number of ether oxygens (including phenoxy) is 1. The van der Waals surface area contributed by atoms with Gasteiger partial charge in [-0.15, -0.1) is 5.10 Å². The van der Waals surface area contributed by atoms with Gasteiger partial charge in [0.2, 0.25) is 0 Å². The van der Waals surface area contributed by atoms with E-state index in [-0.39, 0.29) is 11.8 Å². The van der Waals surface area contributed by atoms with Crippen LogP contribution in [-0.4, -0.2) is 32.8 Å². The van der Waals surface area contributed by atoms with Gasteiger partial charge in [0.15, 0.2) is 5.58 Å². The van der Waals surface area contributed by atoms with Crippen molar-refractivity contribution in [3.63, 3.8) is 0 Å². The number of nitrogen functional groups attached to an aromatic ring is 1. The molecule has 19 heavy (non-hydrogen) atoms. The summed E-state index contributed by atoms with van der Waals surface area (Å²) in [5, 5.41) is 3.91. The number of anilines is 1. The summed E-state index contributed by atoms with van der Waals surface area (Å²) in [7, 11) is 1.26. The zero-order valence-corrected chi connectivity index (χ0v) is 9.90. The Morgan fingerprint density at radius 1 is 1.47 bits per heavy atom. The van der Waals surface area contributed by atoms with Crippen molar-refractivity contribution in [1.29, 1.82) is 0 Å². The average Bonchev–Trinajstić information content (AvgIpc) is 3.03. The summed E-state index contributed by atoms with van der Waals surface area (Å²) < 4.78 is 11.2. The molecule has 2 N–H and O–H groups in total. The van der Waals surface area contributed by atoms with Crippen molar-refractivity contribution in [3.05, 3.63) is 30.4 Å². The third-order valence-corrected chi connectivity index (χ3v) is 2.46. The van der Waals surface area contributed by atoms with Gasteiger partial charge in [-0.1, -0.05) is 0 Å². The molecule has 2 aromatic heterocycles. The van der Waals surface area contributed by atoms with E-state index in [2.05, 4.69) is 19.8 Å². The lowest BCUT2D eigenvalue weighted by molar-refractivity contribution is 0.0587. The second-order valence-electron chi connectivity index (χ2n) is 3.73. The van der Waals surface area contributed by atoms with Crippen LogP contribution in [0.3, 0.4) is 0 Å². The summed E-state index contributed by atoms with van der Waals surface area (Å²) in [4.78, 5) is 19.3. The zero-order chi connectivity index (χ0) is 13.4. The molecule has 0 spiro atoms. The normalized spacial score (nSPS) is 10.8. The predicted molar refractivity (Wildman–Crippen MR) is 64.7 cm³/mol. The standard InChI is InChI=1S/C11H9N5O3/c1-18-10(17)9-13-5-16(15-9)11-14-7-3-2-6(12)4-8(7)19-11/h2-5H,12H2,1H3. The Morgan fingerprint density at radius 2 is 2.32 bits per heavy atom. The monoisotopic (exact) mass is 259 g/mol. The Bertz CT molecular complexity index is 761. The number of oxazole rings is 1. The summed E-state index contributed by atoms with van der Waals surface area (Å²) >= 11 is 0. The van der Waals surface area contributed by atoms with E-state index in [9.17, 15) is 4.79 Å². The fraction of sp³-hybridized carbons (Fsp3) is 0.0909.